The molecule has 1 atom stereocenters. The second kappa shape index (κ2) is 9.11. The van der Waals surface area contributed by atoms with Crippen LogP contribution in [-0.2, 0) is 0 Å². The Morgan fingerprint density at radius 2 is 1.84 bits per heavy atom. The number of carbonyl (C=O) groups excluding carboxylic acids is 1. The molecule has 0 aliphatic rings. The van der Waals surface area contributed by atoms with Crippen molar-refractivity contribution in [1.29, 1.82) is 0 Å². The van der Waals surface area contributed by atoms with Gasteiger partial charge in [0.1, 0.15) is 0 Å². The Morgan fingerprint density at radius 1 is 1.16 bits per heavy atom. The average molecular weight is 346 g/mol. The van der Waals surface area contributed by atoms with E-state index in [-0.39, 0.29) is 17.7 Å². The fourth-order valence-corrected chi connectivity index (χ4v) is 2.27. The van der Waals surface area contributed by atoms with Crippen LogP contribution in [0.5, 0.6) is 11.5 Å². The third kappa shape index (κ3) is 5.24. The molecule has 1 heterocycles. The number of aryl methyl sites for hydroxylation is 1. The summed E-state index contributed by atoms with van der Waals surface area (Å²) in [6.07, 6.45) is 1.84. The van der Waals surface area contributed by atoms with Crippen LogP contribution in [0.25, 0.3) is 0 Å². The Hall–Kier alpha value is -2.50. The number of rotatable bonds is 9. The minimum Gasteiger partial charge on any atom is -0.490 e. The molecular formula is C19H26N2O4. The van der Waals surface area contributed by atoms with Crippen molar-refractivity contribution in [2.24, 2.45) is 0 Å². The van der Waals surface area contributed by atoms with Gasteiger partial charge in [0.25, 0.3) is 5.91 Å². The highest BCUT2D eigenvalue weighted by atomic mass is 16.5. The van der Waals surface area contributed by atoms with E-state index < -0.39 is 0 Å². The Morgan fingerprint density at radius 3 is 2.44 bits per heavy atom. The number of benzene rings is 1. The predicted molar refractivity (Wildman–Crippen MR) is 95.1 cm³/mol. The van der Waals surface area contributed by atoms with E-state index in [1.165, 1.54) is 0 Å². The van der Waals surface area contributed by atoms with Crippen molar-refractivity contribution in [3.63, 3.8) is 0 Å². The van der Waals surface area contributed by atoms with Gasteiger partial charge in [0.2, 0.25) is 5.76 Å². The molecule has 6 nitrogen and oxygen atoms in total. The van der Waals surface area contributed by atoms with Gasteiger partial charge < -0.3 is 19.3 Å². The lowest BCUT2D eigenvalue weighted by Gasteiger charge is -2.17. The molecule has 0 spiro atoms. The number of amides is 1. The zero-order valence-electron chi connectivity index (χ0n) is 15.3. The minimum atomic E-state index is -0.296. The number of hydrogen-bond acceptors (Lipinski definition) is 5. The van der Waals surface area contributed by atoms with Gasteiger partial charge in [-0.15, -0.1) is 0 Å². The topological polar surface area (TPSA) is 73.6 Å². The average Bonchev–Trinajstić information content (AvgIpc) is 3.05. The summed E-state index contributed by atoms with van der Waals surface area (Å²) >= 11 is 0. The third-order valence-electron chi connectivity index (χ3n) is 3.59. The van der Waals surface area contributed by atoms with Crippen LogP contribution in [0.3, 0.4) is 0 Å². The molecule has 1 N–H and O–H groups in total. The highest BCUT2D eigenvalue weighted by molar-refractivity contribution is 5.91. The Balaban J connectivity index is 2.12. The van der Waals surface area contributed by atoms with Crippen LogP contribution in [0.2, 0.25) is 0 Å². The van der Waals surface area contributed by atoms with E-state index in [0.29, 0.717) is 24.7 Å². The van der Waals surface area contributed by atoms with Crippen molar-refractivity contribution in [3.05, 3.63) is 41.3 Å². The predicted octanol–water partition coefficient (Wildman–Crippen LogP) is 4.05. The monoisotopic (exact) mass is 346 g/mol. The molecule has 6 heteroatoms. The number of ether oxygens (including phenoxy) is 2. The van der Waals surface area contributed by atoms with Crippen LogP contribution >= 0.6 is 0 Å². The quantitative estimate of drug-likeness (QED) is 0.741. The fraction of sp³-hybridized carbons (Fsp3) is 0.474. The number of nitrogens with zero attached hydrogens (tertiary/aromatic N) is 1. The van der Waals surface area contributed by atoms with Crippen molar-refractivity contribution in [1.82, 2.24) is 10.5 Å². The Kier molecular flexibility index (Phi) is 6.86. The van der Waals surface area contributed by atoms with Gasteiger partial charge in [-0.1, -0.05) is 25.1 Å². The van der Waals surface area contributed by atoms with Gasteiger partial charge in [-0.25, -0.2) is 0 Å². The van der Waals surface area contributed by atoms with E-state index in [2.05, 4.69) is 24.3 Å². The van der Waals surface area contributed by atoms with Crippen LogP contribution in [0.4, 0.5) is 0 Å². The van der Waals surface area contributed by atoms with Gasteiger partial charge in [-0.3, -0.25) is 4.79 Å². The molecule has 2 rings (SSSR count). The summed E-state index contributed by atoms with van der Waals surface area (Å²) in [4.78, 5) is 12.2. The van der Waals surface area contributed by atoms with Crippen LogP contribution in [-0.4, -0.2) is 24.3 Å². The van der Waals surface area contributed by atoms with E-state index in [0.717, 1.165) is 24.2 Å². The van der Waals surface area contributed by atoms with Gasteiger partial charge in [0, 0.05) is 6.07 Å². The van der Waals surface area contributed by atoms with Gasteiger partial charge in [0.05, 0.1) is 24.9 Å². The summed E-state index contributed by atoms with van der Waals surface area (Å²) in [5, 5.41) is 6.64. The summed E-state index contributed by atoms with van der Waals surface area (Å²) in [7, 11) is 0. The smallest absolute Gasteiger partial charge is 0.290 e. The SMILES string of the molecule is CCCOc1ccc(C(C)NC(=O)c2cc(C)no2)cc1OCCC. The maximum absolute atomic E-state index is 12.2. The first-order valence-electron chi connectivity index (χ1n) is 8.68. The summed E-state index contributed by atoms with van der Waals surface area (Å²) in [5.74, 6) is 1.33. The van der Waals surface area contributed by atoms with Crippen molar-refractivity contribution < 1.29 is 18.8 Å². The highest BCUT2D eigenvalue weighted by Gasteiger charge is 2.17. The molecule has 0 radical (unpaired) electrons. The molecule has 0 aliphatic heterocycles. The normalized spacial score (nSPS) is 11.8. The molecular weight excluding hydrogens is 320 g/mol. The van der Waals surface area contributed by atoms with E-state index in [1.807, 2.05) is 25.1 Å². The molecule has 136 valence electrons. The minimum absolute atomic E-state index is 0.203. The second-order valence-electron chi connectivity index (χ2n) is 5.93. The molecule has 0 fully saturated rings. The summed E-state index contributed by atoms with van der Waals surface area (Å²) in [5.41, 5.74) is 1.60. The van der Waals surface area contributed by atoms with E-state index in [4.69, 9.17) is 14.0 Å². The van der Waals surface area contributed by atoms with Gasteiger partial charge >= 0.3 is 0 Å². The Labute approximate surface area is 148 Å². The molecule has 1 unspecified atom stereocenters. The van der Waals surface area contributed by atoms with Gasteiger partial charge in [-0.05, 0) is 44.4 Å². The first kappa shape index (κ1) is 18.8. The summed E-state index contributed by atoms with van der Waals surface area (Å²) in [6, 6.07) is 7.14. The zero-order chi connectivity index (χ0) is 18.2. The zero-order valence-corrected chi connectivity index (χ0v) is 15.3. The van der Waals surface area contributed by atoms with Crippen molar-refractivity contribution in [2.45, 2.75) is 46.6 Å². The van der Waals surface area contributed by atoms with Crippen LogP contribution in [0, 0.1) is 6.92 Å². The Bertz CT molecular complexity index is 696. The van der Waals surface area contributed by atoms with Gasteiger partial charge in [0.15, 0.2) is 11.5 Å². The van der Waals surface area contributed by atoms with E-state index >= 15 is 0 Å². The number of nitrogens with one attached hydrogen (secondary N) is 1. The van der Waals surface area contributed by atoms with Crippen LogP contribution < -0.4 is 14.8 Å². The molecule has 0 saturated heterocycles. The van der Waals surface area contributed by atoms with Crippen molar-refractivity contribution in [3.8, 4) is 11.5 Å². The molecule has 0 bridgehead atoms. The standard InChI is InChI=1S/C19H26N2O4/c1-5-9-23-16-8-7-15(12-17(16)24-10-6-2)14(4)20-19(22)18-11-13(3)21-25-18/h7-8,11-12,14H,5-6,9-10H2,1-4H3,(H,20,22). The van der Waals surface area contributed by atoms with Crippen LogP contribution in [0.1, 0.15) is 61.5 Å². The lowest BCUT2D eigenvalue weighted by atomic mass is 10.1. The van der Waals surface area contributed by atoms with Crippen molar-refractivity contribution >= 4 is 5.91 Å². The molecule has 2 aromatic rings. The lowest BCUT2D eigenvalue weighted by molar-refractivity contribution is 0.0902. The highest BCUT2D eigenvalue weighted by Crippen LogP contribution is 2.31. The molecule has 0 aliphatic carbocycles. The largest absolute Gasteiger partial charge is 0.490 e. The molecule has 25 heavy (non-hydrogen) atoms. The van der Waals surface area contributed by atoms with Gasteiger partial charge in [-0.2, -0.15) is 0 Å². The maximum Gasteiger partial charge on any atom is 0.290 e. The summed E-state index contributed by atoms with van der Waals surface area (Å²) < 4.78 is 16.5. The fourth-order valence-electron chi connectivity index (χ4n) is 2.27. The first-order valence-corrected chi connectivity index (χ1v) is 8.68. The second-order valence-corrected chi connectivity index (χ2v) is 5.93. The molecule has 1 aromatic carbocycles. The maximum atomic E-state index is 12.2. The van der Waals surface area contributed by atoms with Crippen molar-refractivity contribution in [2.75, 3.05) is 13.2 Å². The molecule has 1 amide bonds. The number of carbonyl (C=O) groups is 1. The number of aromatic nitrogens is 1. The van der Waals surface area contributed by atoms with Crippen LogP contribution in [0.15, 0.2) is 28.8 Å². The van der Waals surface area contributed by atoms with E-state index in [9.17, 15) is 4.79 Å². The number of hydrogen-bond donors (Lipinski definition) is 1. The molecule has 1 aromatic heterocycles. The first-order chi connectivity index (χ1) is 12.0. The summed E-state index contributed by atoms with van der Waals surface area (Å²) in [6.45, 7) is 9.05. The third-order valence-corrected chi connectivity index (χ3v) is 3.59. The van der Waals surface area contributed by atoms with E-state index in [1.54, 1.807) is 13.0 Å². The molecule has 0 saturated carbocycles. The lowest BCUT2D eigenvalue weighted by Crippen LogP contribution is -2.26.